The maximum absolute atomic E-state index is 12.3. The summed E-state index contributed by atoms with van der Waals surface area (Å²) in [7, 11) is 0. The molecule has 0 spiro atoms. The normalized spacial score (nSPS) is 30.2. The van der Waals surface area contributed by atoms with Gasteiger partial charge >= 0.3 is 0 Å². The number of fused-ring (bicyclic) bond motifs is 1. The van der Waals surface area contributed by atoms with Crippen LogP contribution in [0.4, 0.5) is 0 Å². The quantitative estimate of drug-likeness (QED) is 0.858. The molecule has 1 aliphatic carbocycles. The molecule has 1 N–H and O–H groups in total. The summed E-state index contributed by atoms with van der Waals surface area (Å²) >= 11 is 6.09. The molecule has 4 nitrogen and oxygen atoms in total. The van der Waals surface area contributed by atoms with Gasteiger partial charge in [-0.05, 0) is 49.4 Å². The third-order valence-corrected chi connectivity index (χ3v) is 6.75. The molecule has 142 valence electrons. The molecule has 3 fully saturated rings. The number of carbonyl (C=O) groups is 1. The number of hydrogen-bond acceptors (Lipinski definition) is 3. The van der Waals surface area contributed by atoms with Gasteiger partial charge in [0.05, 0.1) is 0 Å². The maximum atomic E-state index is 12.3. The number of nitrogens with one attached hydrogen (secondary N) is 1. The first-order valence-corrected chi connectivity index (χ1v) is 10.6. The highest BCUT2D eigenvalue weighted by Gasteiger charge is 2.42. The fraction of sp³-hybridized carbons (Fsp3) is 0.667. The van der Waals surface area contributed by atoms with Crippen molar-refractivity contribution in [1.82, 2.24) is 15.1 Å². The summed E-state index contributed by atoms with van der Waals surface area (Å²) in [6.45, 7) is 6.42. The van der Waals surface area contributed by atoms with Crippen LogP contribution in [0.25, 0.3) is 0 Å². The minimum atomic E-state index is 0.254. The lowest BCUT2D eigenvalue weighted by Gasteiger charge is -2.35. The molecule has 26 heavy (non-hydrogen) atoms. The molecule has 0 radical (unpaired) electrons. The van der Waals surface area contributed by atoms with Gasteiger partial charge in [-0.1, -0.05) is 36.6 Å². The van der Waals surface area contributed by atoms with E-state index in [9.17, 15) is 4.79 Å². The van der Waals surface area contributed by atoms with E-state index in [0.717, 1.165) is 50.7 Å². The predicted octanol–water partition coefficient (Wildman–Crippen LogP) is 3.15. The van der Waals surface area contributed by atoms with Crippen LogP contribution in [0.15, 0.2) is 24.3 Å². The van der Waals surface area contributed by atoms with Crippen LogP contribution < -0.4 is 5.32 Å². The molecule has 1 saturated carbocycles. The van der Waals surface area contributed by atoms with E-state index < -0.39 is 0 Å². The summed E-state index contributed by atoms with van der Waals surface area (Å²) in [5, 5.41) is 4.07. The summed E-state index contributed by atoms with van der Waals surface area (Å²) in [6, 6.07) is 8.64. The van der Waals surface area contributed by atoms with E-state index >= 15 is 0 Å². The minimum absolute atomic E-state index is 0.254. The van der Waals surface area contributed by atoms with E-state index in [0.29, 0.717) is 17.9 Å². The van der Waals surface area contributed by atoms with Crippen LogP contribution in [0.2, 0.25) is 5.02 Å². The van der Waals surface area contributed by atoms with E-state index in [-0.39, 0.29) is 5.92 Å². The Bertz CT molecular complexity index is 629. The SMILES string of the molecule is O=C1NC2CCCCC2C1CCN1CCN(Cc2cccc(Cl)c2)CC1. The highest BCUT2D eigenvalue weighted by atomic mass is 35.5. The van der Waals surface area contributed by atoms with Crippen LogP contribution in [0, 0.1) is 11.8 Å². The third-order valence-electron chi connectivity index (χ3n) is 6.52. The van der Waals surface area contributed by atoms with Crippen LogP contribution in [0.3, 0.4) is 0 Å². The van der Waals surface area contributed by atoms with Gasteiger partial charge in [-0.3, -0.25) is 9.69 Å². The fourth-order valence-electron chi connectivity index (χ4n) is 5.04. The average molecular weight is 376 g/mol. The Morgan fingerprint density at radius 2 is 1.85 bits per heavy atom. The van der Waals surface area contributed by atoms with Crippen LogP contribution in [0.5, 0.6) is 0 Å². The first kappa shape index (κ1) is 18.3. The Labute approximate surface area is 161 Å². The number of nitrogens with zero attached hydrogens (tertiary/aromatic N) is 2. The van der Waals surface area contributed by atoms with Crippen molar-refractivity contribution in [3.63, 3.8) is 0 Å². The third kappa shape index (κ3) is 4.24. The number of benzene rings is 1. The Morgan fingerprint density at radius 1 is 1.08 bits per heavy atom. The lowest BCUT2D eigenvalue weighted by Crippen LogP contribution is -2.46. The zero-order valence-corrected chi connectivity index (χ0v) is 16.3. The summed E-state index contributed by atoms with van der Waals surface area (Å²) < 4.78 is 0. The van der Waals surface area contributed by atoms with E-state index in [1.807, 2.05) is 12.1 Å². The monoisotopic (exact) mass is 375 g/mol. The number of halogens is 1. The second-order valence-electron chi connectivity index (χ2n) is 8.21. The molecule has 1 amide bonds. The largest absolute Gasteiger partial charge is 0.353 e. The number of rotatable bonds is 5. The molecule has 3 aliphatic rings. The number of amides is 1. The van der Waals surface area contributed by atoms with Crippen molar-refractivity contribution in [3.05, 3.63) is 34.9 Å². The topological polar surface area (TPSA) is 35.6 Å². The van der Waals surface area contributed by atoms with Crippen molar-refractivity contribution in [2.24, 2.45) is 11.8 Å². The molecule has 0 aromatic heterocycles. The smallest absolute Gasteiger partial charge is 0.223 e. The van der Waals surface area contributed by atoms with Crippen LogP contribution >= 0.6 is 11.6 Å². The highest BCUT2D eigenvalue weighted by molar-refractivity contribution is 6.30. The number of carbonyl (C=O) groups excluding carboxylic acids is 1. The molecule has 3 atom stereocenters. The van der Waals surface area contributed by atoms with Crippen molar-refractivity contribution in [2.75, 3.05) is 32.7 Å². The van der Waals surface area contributed by atoms with Crippen molar-refractivity contribution < 1.29 is 4.79 Å². The van der Waals surface area contributed by atoms with Crippen molar-refractivity contribution in [1.29, 1.82) is 0 Å². The van der Waals surface area contributed by atoms with Gasteiger partial charge in [0.25, 0.3) is 0 Å². The Hall–Kier alpha value is -1.10. The van der Waals surface area contributed by atoms with E-state index in [1.54, 1.807) is 0 Å². The van der Waals surface area contributed by atoms with Crippen LogP contribution in [-0.2, 0) is 11.3 Å². The highest BCUT2D eigenvalue weighted by Crippen LogP contribution is 2.37. The first-order chi connectivity index (χ1) is 12.7. The molecule has 2 saturated heterocycles. The number of piperazine rings is 1. The molecule has 4 rings (SSSR count). The van der Waals surface area contributed by atoms with Gasteiger partial charge in [0, 0.05) is 49.7 Å². The second-order valence-corrected chi connectivity index (χ2v) is 8.64. The standard InChI is InChI=1S/C21H30ClN3O/c22-17-5-3-4-16(14-17)15-25-12-10-24(11-13-25)9-8-19-18-6-1-2-7-20(18)23-21(19)26/h3-5,14,18-20H,1-2,6-13,15H2,(H,23,26). The van der Waals surface area contributed by atoms with Crippen LogP contribution in [0.1, 0.15) is 37.7 Å². The zero-order valence-electron chi connectivity index (χ0n) is 15.5. The molecular weight excluding hydrogens is 346 g/mol. The maximum Gasteiger partial charge on any atom is 0.223 e. The van der Waals surface area contributed by atoms with Gasteiger partial charge < -0.3 is 10.2 Å². The molecule has 2 aliphatic heterocycles. The lowest BCUT2D eigenvalue weighted by atomic mass is 9.78. The van der Waals surface area contributed by atoms with Gasteiger partial charge in [-0.25, -0.2) is 0 Å². The van der Waals surface area contributed by atoms with Gasteiger partial charge in [-0.2, -0.15) is 0 Å². The molecule has 0 bridgehead atoms. The summed E-state index contributed by atoms with van der Waals surface area (Å²) in [4.78, 5) is 17.4. The molecular formula is C21H30ClN3O. The molecule has 1 aromatic rings. The van der Waals surface area contributed by atoms with Crippen LogP contribution in [-0.4, -0.2) is 54.5 Å². The van der Waals surface area contributed by atoms with Gasteiger partial charge in [-0.15, -0.1) is 0 Å². The second kappa shape index (κ2) is 8.28. The lowest BCUT2D eigenvalue weighted by molar-refractivity contribution is -0.123. The summed E-state index contributed by atoms with van der Waals surface area (Å²) in [5.74, 6) is 1.17. The molecule has 3 unspecified atom stereocenters. The predicted molar refractivity (Wildman–Crippen MR) is 105 cm³/mol. The average Bonchev–Trinajstić information content (AvgIpc) is 2.96. The molecule has 1 aromatic carbocycles. The van der Waals surface area contributed by atoms with Gasteiger partial charge in [0.1, 0.15) is 0 Å². The van der Waals surface area contributed by atoms with E-state index in [4.69, 9.17) is 11.6 Å². The molecule has 2 heterocycles. The Kier molecular flexibility index (Phi) is 5.82. The van der Waals surface area contributed by atoms with Gasteiger partial charge in [0.2, 0.25) is 5.91 Å². The van der Waals surface area contributed by atoms with E-state index in [1.165, 1.54) is 31.2 Å². The minimum Gasteiger partial charge on any atom is -0.353 e. The fourth-order valence-corrected chi connectivity index (χ4v) is 5.25. The Morgan fingerprint density at radius 3 is 2.65 bits per heavy atom. The Balaban J connectivity index is 1.22. The number of hydrogen-bond donors (Lipinski definition) is 1. The van der Waals surface area contributed by atoms with Crippen molar-refractivity contribution >= 4 is 17.5 Å². The summed E-state index contributed by atoms with van der Waals surface area (Å²) in [5.41, 5.74) is 1.29. The van der Waals surface area contributed by atoms with Crippen molar-refractivity contribution in [3.8, 4) is 0 Å². The first-order valence-electron chi connectivity index (χ1n) is 10.2. The molecule has 5 heteroatoms. The summed E-state index contributed by atoms with van der Waals surface area (Å²) in [6.07, 6.45) is 6.04. The van der Waals surface area contributed by atoms with Crippen molar-refractivity contribution in [2.45, 2.75) is 44.7 Å². The van der Waals surface area contributed by atoms with Gasteiger partial charge in [0.15, 0.2) is 0 Å². The zero-order chi connectivity index (χ0) is 17.9. The van der Waals surface area contributed by atoms with E-state index in [2.05, 4.69) is 27.2 Å².